The van der Waals surface area contributed by atoms with Gasteiger partial charge < -0.3 is 10.2 Å². The zero-order valence-corrected chi connectivity index (χ0v) is 14.9. The van der Waals surface area contributed by atoms with Crippen LogP contribution in [0.3, 0.4) is 0 Å². The van der Waals surface area contributed by atoms with Crippen molar-refractivity contribution in [1.82, 2.24) is 0 Å². The zero-order chi connectivity index (χ0) is 16.0. The highest BCUT2D eigenvalue weighted by atomic mass is 16.3. The minimum atomic E-state index is -0.0464. The number of aliphatic hydroxyl groups excluding tert-OH is 2. The fourth-order valence-corrected chi connectivity index (χ4v) is 5.55. The molecule has 0 spiro atoms. The van der Waals surface area contributed by atoms with Crippen LogP contribution < -0.4 is 0 Å². The summed E-state index contributed by atoms with van der Waals surface area (Å²) in [6, 6.07) is 0. The second kappa shape index (κ2) is 8.68. The first-order chi connectivity index (χ1) is 10.6. The number of unbranched alkanes of at least 4 members (excludes halogenated alkanes) is 1. The van der Waals surface area contributed by atoms with Gasteiger partial charge in [0.15, 0.2) is 0 Å². The molecule has 2 nitrogen and oxygen atoms in total. The van der Waals surface area contributed by atoms with Crippen molar-refractivity contribution in [2.24, 2.45) is 17.3 Å². The molecular weight excluding hydrogens is 272 g/mol. The SMILES string of the molecule is CCCCC(CCC)(C1CCC(O)CC1)C1CCC(O)CC1. The van der Waals surface area contributed by atoms with Gasteiger partial charge in [0.1, 0.15) is 0 Å². The summed E-state index contributed by atoms with van der Waals surface area (Å²) >= 11 is 0. The molecule has 2 aliphatic carbocycles. The van der Waals surface area contributed by atoms with Crippen LogP contribution in [0.25, 0.3) is 0 Å². The van der Waals surface area contributed by atoms with E-state index in [4.69, 9.17) is 0 Å². The lowest BCUT2D eigenvalue weighted by molar-refractivity contribution is -0.0338. The van der Waals surface area contributed by atoms with E-state index in [2.05, 4.69) is 13.8 Å². The fraction of sp³-hybridized carbons (Fsp3) is 1.00. The van der Waals surface area contributed by atoms with Gasteiger partial charge in [-0.2, -0.15) is 0 Å². The Morgan fingerprint density at radius 1 is 0.682 bits per heavy atom. The Labute approximate surface area is 137 Å². The predicted octanol–water partition coefficient (Wildman–Crippen LogP) is 5.07. The van der Waals surface area contributed by atoms with E-state index in [1.807, 2.05) is 0 Å². The topological polar surface area (TPSA) is 40.5 Å². The molecule has 0 heterocycles. The van der Waals surface area contributed by atoms with Crippen LogP contribution in [0.1, 0.15) is 97.3 Å². The van der Waals surface area contributed by atoms with Crippen molar-refractivity contribution in [3.05, 3.63) is 0 Å². The minimum absolute atomic E-state index is 0.0464. The quantitative estimate of drug-likeness (QED) is 0.689. The average Bonchev–Trinajstić information content (AvgIpc) is 2.53. The monoisotopic (exact) mass is 310 g/mol. The molecule has 0 atom stereocenters. The number of hydrogen-bond acceptors (Lipinski definition) is 2. The summed E-state index contributed by atoms with van der Waals surface area (Å²) in [5, 5.41) is 19.8. The van der Waals surface area contributed by atoms with Crippen LogP contribution in [0.5, 0.6) is 0 Å². The third-order valence-corrected chi connectivity index (χ3v) is 6.73. The van der Waals surface area contributed by atoms with Gasteiger partial charge in [-0.3, -0.25) is 0 Å². The summed E-state index contributed by atoms with van der Waals surface area (Å²) in [5.74, 6) is 1.62. The maximum absolute atomic E-state index is 9.91. The minimum Gasteiger partial charge on any atom is -0.393 e. The molecule has 2 rings (SSSR count). The molecule has 2 saturated carbocycles. The van der Waals surface area contributed by atoms with Crippen molar-refractivity contribution >= 4 is 0 Å². The van der Waals surface area contributed by atoms with Crippen LogP contribution in [0.15, 0.2) is 0 Å². The van der Waals surface area contributed by atoms with Crippen molar-refractivity contribution in [2.75, 3.05) is 0 Å². The number of aliphatic hydroxyl groups is 2. The van der Waals surface area contributed by atoms with E-state index >= 15 is 0 Å². The third-order valence-electron chi connectivity index (χ3n) is 6.73. The standard InChI is InChI=1S/C20H38O2/c1-3-5-15-20(14-4-2,16-6-10-18(21)11-7-16)17-8-12-19(22)13-9-17/h16-19,21-22H,3-15H2,1-2H3. The second-order valence-corrected chi connectivity index (χ2v) is 8.10. The highest BCUT2D eigenvalue weighted by Crippen LogP contribution is 2.54. The summed E-state index contributed by atoms with van der Waals surface area (Å²) in [4.78, 5) is 0. The van der Waals surface area contributed by atoms with Gasteiger partial charge in [0.05, 0.1) is 12.2 Å². The molecule has 2 fully saturated rings. The van der Waals surface area contributed by atoms with Crippen LogP contribution in [0.2, 0.25) is 0 Å². The normalized spacial score (nSPS) is 36.0. The van der Waals surface area contributed by atoms with E-state index in [1.54, 1.807) is 0 Å². The summed E-state index contributed by atoms with van der Waals surface area (Å²) in [6.07, 6.45) is 15.5. The zero-order valence-electron chi connectivity index (χ0n) is 14.9. The Kier molecular flexibility index (Phi) is 7.21. The van der Waals surface area contributed by atoms with Crippen molar-refractivity contribution in [3.63, 3.8) is 0 Å². The molecule has 2 N–H and O–H groups in total. The van der Waals surface area contributed by atoms with Crippen LogP contribution in [0.4, 0.5) is 0 Å². The molecule has 0 unspecified atom stereocenters. The van der Waals surface area contributed by atoms with E-state index < -0.39 is 0 Å². The highest BCUT2D eigenvalue weighted by molar-refractivity contribution is 4.95. The molecule has 22 heavy (non-hydrogen) atoms. The second-order valence-electron chi connectivity index (χ2n) is 8.10. The van der Waals surface area contributed by atoms with Gasteiger partial charge in [-0.25, -0.2) is 0 Å². The van der Waals surface area contributed by atoms with Crippen LogP contribution >= 0.6 is 0 Å². The largest absolute Gasteiger partial charge is 0.393 e. The molecule has 0 aromatic heterocycles. The first-order valence-electron chi connectivity index (χ1n) is 9.98. The molecular formula is C20H38O2. The molecule has 130 valence electrons. The van der Waals surface area contributed by atoms with Gasteiger partial charge in [0, 0.05) is 0 Å². The predicted molar refractivity (Wildman–Crippen MR) is 92.8 cm³/mol. The van der Waals surface area contributed by atoms with Gasteiger partial charge >= 0.3 is 0 Å². The molecule has 0 aliphatic heterocycles. The van der Waals surface area contributed by atoms with Gasteiger partial charge in [0.25, 0.3) is 0 Å². The molecule has 0 aromatic rings. The molecule has 0 aromatic carbocycles. The van der Waals surface area contributed by atoms with Crippen molar-refractivity contribution in [3.8, 4) is 0 Å². The van der Waals surface area contributed by atoms with Crippen LogP contribution in [-0.2, 0) is 0 Å². The summed E-state index contributed by atoms with van der Waals surface area (Å²) in [6.45, 7) is 4.65. The Morgan fingerprint density at radius 3 is 1.50 bits per heavy atom. The Morgan fingerprint density at radius 2 is 1.14 bits per heavy atom. The smallest absolute Gasteiger partial charge is 0.0540 e. The summed E-state index contributed by atoms with van der Waals surface area (Å²) in [5.41, 5.74) is 0.491. The molecule has 2 heteroatoms. The maximum Gasteiger partial charge on any atom is 0.0540 e. The third kappa shape index (κ3) is 4.26. The van der Waals surface area contributed by atoms with E-state index in [-0.39, 0.29) is 12.2 Å². The lowest BCUT2D eigenvalue weighted by Crippen LogP contribution is -2.42. The first-order valence-corrected chi connectivity index (χ1v) is 9.98. The summed E-state index contributed by atoms with van der Waals surface area (Å²) in [7, 11) is 0. The van der Waals surface area contributed by atoms with E-state index in [0.29, 0.717) is 5.41 Å². The van der Waals surface area contributed by atoms with Crippen LogP contribution in [0, 0.1) is 17.3 Å². The lowest BCUT2D eigenvalue weighted by atomic mass is 9.55. The maximum atomic E-state index is 9.91. The Balaban J connectivity index is 2.16. The van der Waals surface area contributed by atoms with Crippen molar-refractivity contribution in [2.45, 2.75) is 110 Å². The van der Waals surface area contributed by atoms with Gasteiger partial charge in [-0.15, -0.1) is 0 Å². The van der Waals surface area contributed by atoms with Gasteiger partial charge in [-0.05, 0) is 81.5 Å². The lowest BCUT2D eigenvalue weighted by Gasteiger charge is -2.51. The number of hydrogen-bond donors (Lipinski definition) is 2. The number of rotatable bonds is 7. The van der Waals surface area contributed by atoms with Crippen molar-refractivity contribution < 1.29 is 10.2 Å². The van der Waals surface area contributed by atoms with Crippen molar-refractivity contribution in [1.29, 1.82) is 0 Å². The van der Waals surface area contributed by atoms with E-state index in [0.717, 1.165) is 37.5 Å². The summed E-state index contributed by atoms with van der Waals surface area (Å²) < 4.78 is 0. The highest BCUT2D eigenvalue weighted by Gasteiger charge is 2.45. The van der Waals surface area contributed by atoms with Gasteiger partial charge in [0.2, 0.25) is 0 Å². The van der Waals surface area contributed by atoms with E-state index in [1.165, 1.54) is 57.8 Å². The first kappa shape index (κ1) is 18.3. The molecule has 0 amide bonds. The van der Waals surface area contributed by atoms with E-state index in [9.17, 15) is 10.2 Å². The Hall–Kier alpha value is -0.0800. The molecule has 0 radical (unpaired) electrons. The molecule has 2 aliphatic rings. The Bertz CT molecular complexity index is 277. The fourth-order valence-electron chi connectivity index (χ4n) is 5.55. The molecule has 0 bridgehead atoms. The average molecular weight is 311 g/mol. The molecule has 0 saturated heterocycles. The van der Waals surface area contributed by atoms with Gasteiger partial charge in [-0.1, -0.05) is 33.1 Å². The van der Waals surface area contributed by atoms with Crippen LogP contribution in [-0.4, -0.2) is 22.4 Å².